The van der Waals surface area contributed by atoms with E-state index in [4.69, 9.17) is 9.47 Å². The molecule has 0 aliphatic carbocycles. The molecule has 0 saturated heterocycles. The van der Waals surface area contributed by atoms with E-state index in [1.807, 2.05) is 30.3 Å². The van der Waals surface area contributed by atoms with Crippen molar-refractivity contribution in [3.8, 4) is 11.5 Å². The molecule has 1 amide bonds. The molecule has 174 valence electrons. The standard InChI is InChI=1S/C25H28N2O5S/c1-4-31-23-15-10-20(16-24(23)33(29,30)27-18(2)3)25(28)26-21-11-13-22(14-12-21)32-17-19-8-6-5-7-9-19/h5-16,18,27H,4,17H2,1-3H3,(H,26,28). The second-order valence-corrected chi connectivity index (χ2v) is 9.31. The van der Waals surface area contributed by atoms with Gasteiger partial charge in [0.2, 0.25) is 10.0 Å². The quantitative estimate of drug-likeness (QED) is 0.453. The van der Waals surface area contributed by atoms with E-state index >= 15 is 0 Å². The fourth-order valence-corrected chi connectivity index (χ4v) is 4.51. The highest BCUT2D eigenvalue weighted by Gasteiger charge is 2.23. The van der Waals surface area contributed by atoms with Gasteiger partial charge in [0.25, 0.3) is 5.91 Å². The van der Waals surface area contributed by atoms with Gasteiger partial charge in [-0.25, -0.2) is 13.1 Å². The minimum Gasteiger partial charge on any atom is -0.492 e. The number of rotatable bonds is 10. The molecule has 0 spiro atoms. The highest BCUT2D eigenvalue weighted by molar-refractivity contribution is 7.89. The average molecular weight is 469 g/mol. The number of hydrogen-bond acceptors (Lipinski definition) is 5. The van der Waals surface area contributed by atoms with E-state index in [0.717, 1.165) is 5.56 Å². The molecule has 0 saturated carbocycles. The van der Waals surface area contributed by atoms with E-state index in [1.165, 1.54) is 18.2 Å². The fraction of sp³-hybridized carbons (Fsp3) is 0.240. The maximum Gasteiger partial charge on any atom is 0.255 e. The summed E-state index contributed by atoms with van der Waals surface area (Å²) in [6.07, 6.45) is 0. The van der Waals surface area contributed by atoms with Crippen LogP contribution >= 0.6 is 0 Å². The molecule has 0 aromatic heterocycles. The summed E-state index contributed by atoms with van der Waals surface area (Å²) in [6.45, 7) is 5.96. The molecule has 0 unspecified atom stereocenters. The Morgan fingerprint density at radius 3 is 2.27 bits per heavy atom. The summed E-state index contributed by atoms with van der Waals surface area (Å²) in [4.78, 5) is 12.7. The minimum atomic E-state index is -3.85. The lowest BCUT2D eigenvalue weighted by atomic mass is 10.2. The second kappa shape index (κ2) is 11.0. The summed E-state index contributed by atoms with van der Waals surface area (Å²) in [5, 5.41) is 2.78. The molecule has 3 aromatic carbocycles. The van der Waals surface area contributed by atoms with E-state index in [-0.39, 0.29) is 22.3 Å². The largest absolute Gasteiger partial charge is 0.492 e. The number of carbonyl (C=O) groups is 1. The van der Waals surface area contributed by atoms with Crippen LogP contribution in [0.1, 0.15) is 36.7 Å². The van der Waals surface area contributed by atoms with Crippen molar-refractivity contribution >= 4 is 21.6 Å². The maximum absolute atomic E-state index is 12.8. The Morgan fingerprint density at radius 2 is 1.64 bits per heavy atom. The van der Waals surface area contributed by atoms with Crippen molar-refractivity contribution < 1.29 is 22.7 Å². The molecule has 33 heavy (non-hydrogen) atoms. The highest BCUT2D eigenvalue weighted by atomic mass is 32.2. The number of carbonyl (C=O) groups excluding carboxylic acids is 1. The Kier molecular flexibility index (Phi) is 8.08. The topological polar surface area (TPSA) is 93.7 Å². The van der Waals surface area contributed by atoms with E-state index in [0.29, 0.717) is 24.7 Å². The van der Waals surface area contributed by atoms with Crippen LogP contribution in [0.4, 0.5) is 5.69 Å². The van der Waals surface area contributed by atoms with Gasteiger partial charge in [-0.15, -0.1) is 0 Å². The first kappa shape index (κ1) is 24.3. The Balaban J connectivity index is 1.72. The molecular weight excluding hydrogens is 440 g/mol. The zero-order valence-corrected chi connectivity index (χ0v) is 19.7. The lowest BCUT2D eigenvalue weighted by molar-refractivity contribution is 0.102. The number of amides is 1. The predicted molar refractivity (Wildman–Crippen MR) is 128 cm³/mol. The molecule has 0 heterocycles. The van der Waals surface area contributed by atoms with Crippen LogP contribution in [0.25, 0.3) is 0 Å². The molecular formula is C25H28N2O5S. The maximum atomic E-state index is 12.8. The van der Waals surface area contributed by atoms with E-state index in [1.54, 1.807) is 45.0 Å². The van der Waals surface area contributed by atoms with Crippen molar-refractivity contribution in [2.75, 3.05) is 11.9 Å². The van der Waals surface area contributed by atoms with Crippen LogP contribution in [0.5, 0.6) is 11.5 Å². The number of nitrogens with one attached hydrogen (secondary N) is 2. The molecule has 2 N–H and O–H groups in total. The van der Waals surface area contributed by atoms with E-state index in [9.17, 15) is 13.2 Å². The molecule has 0 bridgehead atoms. The van der Waals surface area contributed by atoms with Crippen LogP contribution in [0.15, 0.2) is 77.7 Å². The number of ether oxygens (including phenoxy) is 2. The summed E-state index contributed by atoms with van der Waals surface area (Å²) in [5.74, 6) is 0.435. The number of anilines is 1. The van der Waals surface area contributed by atoms with Crippen molar-refractivity contribution in [3.05, 3.63) is 83.9 Å². The molecule has 8 heteroatoms. The lowest BCUT2D eigenvalue weighted by Gasteiger charge is -2.15. The van der Waals surface area contributed by atoms with Crippen molar-refractivity contribution in [1.29, 1.82) is 0 Å². The molecule has 0 aliphatic rings. The van der Waals surface area contributed by atoms with Crippen molar-refractivity contribution in [1.82, 2.24) is 4.72 Å². The second-order valence-electron chi connectivity index (χ2n) is 7.62. The highest BCUT2D eigenvalue weighted by Crippen LogP contribution is 2.26. The molecule has 3 aromatic rings. The van der Waals surface area contributed by atoms with E-state index < -0.39 is 15.9 Å². The smallest absolute Gasteiger partial charge is 0.255 e. The van der Waals surface area contributed by atoms with Crippen LogP contribution in [0, 0.1) is 0 Å². The van der Waals surface area contributed by atoms with Gasteiger partial charge in [-0.05, 0) is 68.8 Å². The SMILES string of the molecule is CCOc1ccc(C(=O)Nc2ccc(OCc3ccccc3)cc2)cc1S(=O)(=O)NC(C)C. The Morgan fingerprint density at radius 1 is 0.939 bits per heavy atom. The molecule has 0 aliphatic heterocycles. The first-order valence-corrected chi connectivity index (χ1v) is 12.1. The Labute approximate surface area is 194 Å². The first-order chi connectivity index (χ1) is 15.8. The number of benzene rings is 3. The third-order valence-corrected chi connectivity index (χ3v) is 6.23. The summed E-state index contributed by atoms with van der Waals surface area (Å²) in [5.41, 5.74) is 1.82. The third-order valence-electron chi connectivity index (χ3n) is 4.55. The third kappa shape index (κ3) is 6.81. The van der Waals surface area contributed by atoms with Crippen LogP contribution < -0.4 is 19.5 Å². The molecule has 0 fully saturated rings. The van der Waals surface area contributed by atoms with Crippen molar-refractivity contribution in [2.24, 2.45) is 0 Å². The predicted octanol–water partition coefficient (Wildman–Crippen LogP) is 4.60. The zero-order valence-electron chi connectivity index (χ0n) is 18.9. The van der Waals surface area contributed by atoms with Gasteiger partial charge in [0.05, 0.1) is 6.61 Å². The van der Waals surface area contributed by atoms with Crippen molar-refractivity contribution in [2.45, 2.75) is 38.3 Å². The summed E-state index contributed by atoms with van der Waals surface area (Å²) < 4.78 is 39.2. The van der Waals surface area contributed by atoms with Gasteiger partial charge in [-0.3, -0.25) is 4.79 Å². The van der Waals surface area contributed by atoms with Crippen molar-refractivity contribution in [3.63, 3.8) is 0 Å². The molecule has 0 radical (unpaired) electrons. The first-order valence-electron chi connectivity index (χ1n) is 10.7. The summed E-state index contributed by atoms with van der Waals surface area (Å²) >= 11 is 0. The lowest BCUT2D eigenvalue weighted by Crippen LogP contribution is -2.30. The van der Waals surface area contributed by atoms with Gasteiger partial charge in [-0.2, -0.15) is 0 Å². The zero-order chi connectivity index (χ0) is 23.8. The summed E-state index contributed by atoms with van der Waals surface area (Å²) in [6, 6.07) is 20.8. The average Bonchev–Trinajstić information content (AvgIpc) is 2.79. The molecule has 7 nitrogen and oxygen atoms in total. The van der Waals surface area contributed by atoms with Gasteiger partial charge in [0, 0.05) is 17.3 Å². The van der Waals surface area contributed by atoms with Crippen LogP contribution in [0.3, 0.4) is 0 Å². The minimum absolute atomic E-state index is 0.0737. The molecule has 3 rings (SSSR count). The molecule has 0 atom stereocenters. The normalized spacial score (nSPS) is 11.3. The van der Waals surface area contributed by atoms with Gasteiger partial charge in [0.1, 0.15) is 23.0 Å². The van der Waals surface area contributed by atoms with Gasteiger partial charge in [0.15, 0.2) is 0 Å². The van der Waals surface area contributed by atoms with E-state index in [2.05, 4.69) is 10.0 Å². The fourth-order valence-electron chi connectivity index (χ4n) is 3.09. The van der Waals surface area contributed by atoms with Gasteiger partial charge in [-0.1, -0.05) is 30.3 Å². The Bertz CT molecular complexity index is 1180. The van der Waals surface area contributed by atoms with Crippen LogP contribution in [0.2, 0.25) is 0 Å². The van der Waals surface area contributed by atoms with Gasteiger partial charge >= 0.3 is 0 Å². The van der Waals surface area contributed by atoms with Gasteiger partial charge < -0.3 is 14.8 Å². The summed E-state index contributed by atoms with van der Waals surface area (Å²) in [7, 11) is -3.85. The monoisotopic (exact) mass is 468 g/mol. The number of hydrogen-bond donors (Lipinski definition) is 2. The Hall–Kier alpha value is -3.36. The number of sulfonamides is 1. The van der Waals surface area contributed by atoms with Crippen LogP contribution in [-0.4, -0.2) is 27.0 Å². The van der Waals surface area contributed by atoms with Crippen LogP contribution in [-0.2, 0) is 16.6 Å².